The number of esters is 1. The number of ether oxygens (including phenoxy) is 2. The van der Waals surface area contributed by atoms with Gasteiger partial charge in [-0.3, -0.25) is 4.79 Å². The van der Waals surface area contributed by atoms with E-state index < -0.39 is 12.1 Å². The monoisotopic (exact) mass is 329 g/mol. The largest absolute Gasteiger partial charge is 0.475 e. The molecule has 24 heavy (non-hydrogen) atoms. The Bertz CT molecular complexity index is 760. The third kappa shape index (κ3) is 3.22. The molecule has 6 heteroatoms. The zero-order valence-corrected chi connectivity index (χ0v) is 13.1. The lowest BCUT2D eigenvalue weighted by atomic mass is 10.1. The summed E-state index contributed by atoms with van der Waals surface area (Å²) in [5.74, 6) is -0.643. The number of methoxy groups -OCH3 is 1. The van der Waals surface area contributed by atoms with Crippen molar-refractivity contribution in [3.05, 3.63) is 59.9 Å². The van der Waals surface area contributed by atoms with Gasteiger partial charge in [0, 0.05) is 0 Å². The van der Waals surface area contributed by atoms with Crippen LogP contribution in [0.5, 0.6) is 5.75 Å². The van der Waals surface area contributed by atoms with E-state index in [1.807, 2.05) is 0 Å². The Labute approximate surface area is 138 Å². The van der Waals surface area contributed by atoms with Crippen LogP contribution in [-0.4, -0.2) is 31.6 Å². The molecule has 124 valence electrons. The van der Waals surface area contributed by atoms with Crippen molar-refractivity contribution in [1.82, 2.24) is 0 Å². The molecule has 0 unspecified atom stereocenters. The number of rotatable bonds is 3. The molecular formula is C18H16FNO4. The number of carbonyl (C=O) groups is 2. The average molecular weight is 329 g/mol. The number of benzene rings is 2. The van der Waals surface area contributed by atoms with Crippen LogP contribution in [0.3, 0.4) is 0 Å². The van der Waals surface area contributed by atoms with Crippen LogP contribution in [-0.2, 0) is 20.7 Å². The van der Waals surface area contributed by atoms with Gasteiger partial charge in [0.05, 0.1) is 25.8 Å². The highest BCUT2D eigenvalue weighted by Gasteiger charge is 2.34. The average Bonchev–Trinajstić information content (AvgIpc) is 2.62. The second kappa shape index (κ2) is 6.70. The topological polar surface area (TPSA) is 55.8 Å². The van der Waals surface area contributed by atoms with Gasteiger partial charge in [-0.25, -0.2) is 9.18 Å². The third-order valence-corrected chi connectivity index (χ3v) is 3.81. The molecule has 0 saturated carbocycles. The first kappa shape index (κ1) is 16.0. The molecule has 0 aliphatic carbocycles. The van der Waals surface area contributed by atoms with E-state index in [-0.39, 0.29) is 24.7 Å². The Kier molecular flexibility index (Phi) is 4.46. The number of nitrogens with zero attached hydrogens (tertiary/aromatic N) is 1. The number of para-hydroxylation sites is 2. The maximum atomic E-state index is 13.0. The summed E-state index contributed by atoms with van der Waals surface area (Å²) in [7, 11) is 1.27. The number of hydrogen-bond donors (Lipinski definition) is 0. The van der Waals surface area contributed by atoms with E-state index in [1.54, 1.807) is 36.4 Å². The molecule has 2 aromatic carbocycles. The fraction of sp³-hybridized carbons (Fsp3) is 0.222. The lowest BCUT2D eigenvalue weighted by Gasteiger charge is -2.33. The Hall–Kier alpha value is -2.89. The Balaban J connectivity index is 1.85. The van der Waals surface area contributed by atoms with Crippen LogP contribution in [0.1, 0.15) is 5.56 Å². The molecule has 1 heterocycles. The minimum absolute atomic E-state index is 0.0731. The van der Waals surface area contributed by atoms with Gasteiger partial charge >= 0.3 is 5.97 Å². The Morgan fingerprint density at radius 1 is 1.21 bits per heavy atom. The molecule has 1 atom stereocenters. The number of fused-ring (bicyclic) bond motifs is 1. The minimum atomic E-state index is -0.873. The van der Waals surface area contributed by atoms with Gasteiger partial charge in [0.15, 0.2) is 0 Å². The fourth-order valence-corrected chi connectivity index (χ4v) is 2.60. The van der Waals surface area contributed by atoms with E-state index >= 15 is 0 Å². The van der Waals surface area contributed by atoms with Gasteiger partial charge in [0.2, 0.25) is 12.0 Å². The van der Waals surface area contributed by atoms with E-state index in [0.29, 0.717) is 17.0 Å². The minimum Gasteiger partial charge on any atom is -0.475 e. The maximum absolute atomic E-state index is 13.0. The van der Waals surface area contributed by atoms with Gasteiger partial charge in [-0.05, 0) is 29.8 Å². The quantitative estimate of drug-likeness (QED) is 0.811. The molecule has 1 aliphatic heterocycles. The summed E-state index contributed by atoms with van der Waals surface area (Å²) in [6, 6.07) is 12.8. The number of hydrogen-bond acceptors (Lipinski definition) is 4. The summed E-state index contributed by atoms with van der Waals surface area (Å²) >= 11 is 0. The molecule has 0 fully saturated rings. The second-order valence-corrected chi connectivity index (χ2v) is 5.40. The van der Waals surface area contributed by atoms with Crippen molar-refractivity contribution in [3.63, 3.8) is 0 Å². The van der Waals surface area contributed by atoms with Gasteiger partial charge < -0.3 is 14.4 Å². The number of anilines is 1. The normalized spacial score (nSPS) is 16.1. The van der Waals surface area contributed by atoms with Crippen LogP contribution in [0, 0.1) is 5.82 Å². The van der Waals surface area contributed by atoms with Gasteiger partial charge in [-0.1, -0.05) is 24.3 Å². The van der Waals surface area contributed by atoms with Gasteiger partial charge in [-0.2, -0.15) is 0 Å². The predicted octanol–water partition coefficient (Wildman–Crippen LogP) is 2.34. The summed E-state index contributed by atoms with van der Waals surface area (Å²) in [4.78, 5) is 26.0. The van der Waals surface area contributed by atoms with Crippen molar-refractivity contribution in [2.45, 2.75) is 12.5 Å². The second-order valence-electron chi connectivity index (χ2n) is 5.40. The molecule has 0 N–H and O–H groups in total. The van der Waals surface area contributed by atoms with Crippen molar-refractivity contribution in [3.8, 4) is 5.75 Å². The lowest BCUT2D eigenvalue weighted by Crippen LogP contribution is -2.48. The van der Waals surface area contributed by atoms with Gasteiger partial charge in [0.25, 0.3) is 0 Å². The number of amides is 1. The van der Waals surface area contributed by atoms with Gasteiger partial charge in [-0.15, -0.1) is 0 Å². The predicted molar refractivity (Wildman–Crippen MR) is 85.3 cm³/mol. The molecule has 0 radical (unpaired) electrons. The third-order valence-electron chi connectivity index (χ3n) is 3.81. The summed E-state index contributed by atoms with van der Waals surface area (Å²) in [5, 5.41) is 0. The molecular weight excluding hydrogens is 313 g/mol. The summed E-state index contributed by atoms with van der Waals surface area (Å²) in [6.07, 6.45) is -0.773. The molecule has 0 aromatic heterocycles. The zero-order valence-electron chi connectivity index (χ0n) is 13.1. The molecule has 0 spiro atoms. The van der Waals surface area contributed by atoms with Crippen molar-refractivity contribution in [2.24, 2.45) is 0 Å². The van der Waals surface area contributed by atoms with Crippen molar-refractivity contribution in [1.29, 1.82) is 0 Å². The molecule has 2 aromatic rings. The van der Waals surface area contributed by atoms with Crippen molar-refractivity contribution < 1.29 is 23.5 Å². The summed E-state index contributed by atoms with van der Waals surface area (Å²) in [5.41, 5.74) is 1.30. The van der Waals surface area contributed by atoms with E-state index in [4.69, 9.17) is 9.47 Å². The van der Waals surface area contributed by atoms with Crippen LogP contribution >= 0.6 is 0 Å². The van der Waals surface area contributed by atoms with E-state index in [1.165, 1.54) is 24.1 Å². The van der Waals surface area contributed by atoms with E-state index in [2.05, 4.69) is 0 Å². The highest BCUT2D eigenvalue weighted by Crippen LogP contribution is 2.33. The standard InChI is InChI=1S/C18H16FNO4/c1-23-18(22)16-11-20(14-4-2-3-5-15(14)24-16)17(21)10-12-6-8-13(19)9-7-12/h2-9,16H,10-11H2,1H3/t16-/m0/s1. The van der Waals surface area contributed by atoms with Crippen molar-refractivity contribution >= 4 is 17.6 Å². The molecule has 1 amide bonds. The van der Waals surface area contributed by atoms with Gasteiger partial charge in [0.1, 0.15) is 11.6 Å². The van der Waals surface area contributed by atoms with E-state index in [0.717, 1.165) is 0 Å². The number of halogens is 1. The highest BCUT2D eigenvalue weighted by molar-refractivity contribution is 5.97. The Morgan fingerprint density at radius 2 is 1.92 bits per heavy atom. The first-order chi connectivity index (χ1) is 11.6. The Morgan fingerprint density at radius 3 is 2.62 bits per heavy atom. The molecule has 3 rings (SSSR count). The highest BCUT2D eigenvalue weighted by atomic mass is 19.1. The first-order valence-electron chi connectivity index (χ1n) is 7.47. The van der Waals surface area contributed by atoms with Crippen LogP contribution in [0.15, 0.2) is 48.5 Å². The number of carbonyl (C=O) groups excluding carboxylic acids is 2. The van der Waals surface area contributed by atoms with Crippen molar-refractivity contribution in [2.75, 3.05) is 18.6 Å². The molecule has 0 bridgehead atoms. The smallest absolute Gasteiger partial charge is 0.348 e. The fourth-order valence-electron chi connectivity index (χ4n) is 2.60. The summed E-state index contributed by atoms with van der Waals surface area (Å²) in [6.45, 7) is 0.0731. The molecule has 1 aliphatic rings. The van der Waals surface area contributed by atoms with Crippen LogP contribution in [0.25, 0.3) is 0 Å². The lowest BCUT2D eigenvalue weighted by molar-refractivity contribution is -0.148. The SMILES string of the molecule is COC(=O)[C@@H]1CN(C(=O)Cc2ccc(F)cc2)c2ccccc2O1. The van der Waals surface area contributed by atoms with E-state index in [9.17, 15) is 14.0 Å². The molecule has 5 nitrogen and oxygen atoms in total. The van der Waals surface area contributed by atoms with Crippen LogP contribution < -0.4 is 9.64 Å². The van der Waals surface area contributed by atoms with Crippen LogP contribution in [0.2, 0.25) is 0 Å². The summed E-state index contributed by atoms with van der Waals surface area (Å²) < 4.78 is 23.3. The van der Waals surface area contributed by atoms with Crippen LogP contribution in [0.4, 0.5) is 10.1 Å². The molecule has 0 saturated heterocycles. The zero-order chi connectivity index (χ0) is 17.1. The first-order valence-corrected chi connectivity index (χ1v) is 7.47. The maximum Gasteiger partial charge on any atom is 0.348 e.